The van der Waals surface area contributed by atoms with Crippen LogP contribution in [0.1, 0.15) is 73.6 Å². The Hall–Kier alpha value is -2.62. The van der Waals surface area contributed by atoms with E-state index in [1.54, 1.807) is 5.56 Å². The average Bonchev–Trinajstić information content (AvgIpc) is 3.51. The van der Waals surface area contributed by atoms with Crippen LogP contribution in [0.3, 0.4) is 0 Å². The summed E-state index contributed by atoms with van der Waals surface area (Å²) in [6.07, 6.45) is 8.83. The fourth-order valence-corrected chi connectivity index (χ4v) is 8.13. The molecule has 1 N–H and O–H groups in total. The first-order chi connectivity index (χ1) is 17.6. The zero-order valence-corrected chi connectivity index (χ0v) is 21.4. The summed E-state index contributed by atoms with van der Waals surface area (Å²) < 4.78 is 19.0. The molecule has 2 saturated carbocycles. The Morgan fingerprint density at radius 3 is 2.72 bits per heavy atom. The van der Waals surface area contributed by atoms with Gasteiger partial charge in [0.15, 0.2) is 5.79 Å². The van der Waals surface area contributed by atoms with Crippen LogP contribution in [0.25, 0.3) is 5.08 Å². The van der Waals surface area contributed by atoms with E-state index in [0.717, 1.165) is 51.1 Å². The second-order valence-corrected chi connectivity index (χ2v) is 11.4. The molecule has 6 heteroatoms. The summed E-state index contributed by atoms with van der Waals surface area (Å²) in [4.78, 5) is 0. The Bertz CT molecular complexity index is 1120. The molecule has 3 fully saturated rings. The molecule has 2 aromatic carbocycles. The number of rotatable bonds is 7. The molecule has 4 atom stereocenters. The van der Waals surface area contributed by atoms with E-state index in [1.807, 2.05) is 6.07 Å². The molecular weight excluding hydrogens is 450 g/mol. The third kappa shape index (κ3) is 3.97. The quantitative estimate of drug-likeness (QED) is 0.287. The van der Waals surface area contributed by atoms with E-state index in [1.165, 1.54) is 36.0 Å². The van der Waals surface area contributed by atoms with Crippen molar-refractivity contribution in [1.82, 2.24) is 5.43 Å². The van der Waals surface area contributed by atoms with Crippen molar-refractivity contribution in [3.63, 3.8) is 0 Å². The smallest absolute Gasteiger partial charge is 0.302 e. The largest absolute Gasteiger partial charge is 0.489 e. The minimum atomic E-state index is -0.347. The lowest BCUT2D eigenvalue weighted by atomic mass is 9.54. The van der Waals surface area contributed by atoms with Crippen LogP contribution in [-0.4, -0.2) is 25.5 Å². The van der Waals surface area contributed by atoms with Crippen molar-refractivity contribution >= 4 is 0 Å². The second-order valence-electron chi connectivity index (χ2n) is 11.4. The summed E-state index contributed by atoms with van der Waals surface area (Å²) in [6, 6.07) is 15.0. The number of ether oxygens (including phenoxy) is 3. The summed E-state index contributed by atoms with van der Waals surface area (Å²) in [5.41, 5.74) is 8.47. The molecule has 0 radical (unpaired) electrons. The molecular formula is C30H38N3O3+. The van der Waals surface area contributed by atoms with Crippen molar-refractivity contribution in [2.24, 2.45) is 17.3 Å². The van der Waals surface area contributed by atoms with Crippen LogP contribution in [-0.2, 0) is 28.9 Å². The van der Waals surface area contributed by atoms with Crippen LogP contribution >= 0.6 is 0 Å². The number of hydrogen-bond donors (Lipinski definition) is 1. The van der Waals surface area contributed by atoms with Gasteiger partial charge in [-0.05, 0) is 103 Å². The van der Waals surface area contributed by atoms with E-state index in [4.69, 9.17) is 19.6 Å². The average molecular weight is 489 g/mol. The Labute approximate surface area is 214 Å². The van der Waals surface area contributed by atoms with E-state index in [0.29, 0.717) is 30.9 Å². The van der Waals surface area contributed by atoms with Gasteiger partial charge in [0.05, 0.1) is 19.8 Å². The van der Waals surface area contributed by atoms with Gasteiger partial charge in [-0.15, -0.1) is 0 Å². The van der Waals surface area contributed by atoms with Gasteiger partial charge in [-0.2, -0.15) is 0 Å². The van der Waals surface area contributed by atoms with Gasteiger partial charge in [0.25, 0.3) is 5.39 Å². The monoisotopic (exact) mass is 488 g/mol. The van der Waals surface area contributed by atoms with Crippen molar-refractivity contribution in [3.05, 3.63) is 69.8 Å². The zero-order valence-electron chi connectivity index (χ0n) is 21.4. The molecule has 2 aromatic rings. The third-order valence-electron chi connectivity index (χ3n) is 9.73. The maximum absolute atomic E-state index is 8.80. The first kappa shape index (κ1) is 23.8. The molecule has 6 rings (SSSR count). The number of nitrogens with one attached hydrogen (secondary N) is 1. The molecule has 0 amide bonds. The van der Waals surface area contributed by atoms with Crippen LogP contribution in [0, 0.1) is 22.6 Å². The van der Waals surface area contributed by atoms with E-state index in [2.05, 4.69) is 53.8 Å². The van der Waals surface area contributed by atoms with Gasteiger partial charge in [0, 0.05) is 11.8 Å². The molecule has 190 valence electrons. The molecule has 4 unspecified atom stereocenters. The van der Waals surface area contributed by atoms with Crippen molar-refractivity contribution in [3.8, 4) is 5.75 Å². The van der Waals surface area contributed by atoms with E-state index >= 15 is 0 Å². The molecule has 3 aliphatic carbocycles. The predicted molar refractivity (Wildman–Crippen MR) is 138 cm³/mol. The third-order valence-corrected chi connectivity index (χ3v) is 9.73. The molecule has 6 nitrogen and oxygen atoms in total. The van der Waals surface area contributed by atoms with Crippen LogP contribution in [0.5, 0.6) is 5.75 Å². The van der Waals surface area contributed by atoms with Gasteiger partial charge in [-0.25, -0.2) is 0 Å². The second kappa shape index (κ2) is 9.68. The highest BCUT2D eigenvalue weighted by Gasteiger charge is 2.65. The molecule has 1 saturated heterocycles. The molecule has 1 aliphatic heterocycles. The predicted octanol–water partition coefficient (Wildman–Crippen LogP) is 6.16. The molecule has 36 heavy (non-hydrogen) atoms. The Balaban J connectivity index is 1.28. The molecule has 1 heterocycles. The lowest BCUT2D eigenvalue weighted by molar-refractivity contribution is -0.237. The number of hydrogen-bond acceptors (Lipinski definition) is 5. The summed E-state index contributed by atoms with van der Waals surface area (Å²) >= 11 is 0. The number of fused-ring (bicyclic) bond motifs is 6. The number of aryl methyl sites for hydroxylation is 2. The maximum atomic E-state index is 8.80. The van der Waals surface area contributed by atoms with Gasteiger partial charge in [0.2, 0.25) is 0 Å². The van der Waals surface area contributed by atoms with Gasteiger partial charge < -0.3 is 14.2 Å². The highest BCUT2D eigenvalue weighted by Crippen LogP contribution is 2.66. The van der Waals surface area contributed by atoms with E-state index in [-0.39, 0.29) is 11.2 Å². The normalized spacial score (nSPS) is 29.7. The van der Waals surface area contributed by atoms with E-state index in [9.17, 15) is 0 Å². The summed E-state index contributed by atoms with van der Waals surface area (Å²) in [6.45, 7) is 5.17. The van der Waals surface area contributed by atoms with Crippen molar-refractivity contribution < 1.29 is 14.2 Å². The fourth-order valence-electron chi connectivity index (χ4n) is 8.13. The SMILES string of the molecule is CC12CCC3c4c(CCCN[N+]#N)cc(OCc5ccccc5)cc4CCC3C1CCC21OCCO1. The first-order valence-corrected chi connectivity index (χ1v) is 13.8. The molecule has 4 aliphatic rings. The Morgan fingerprint density at radius 2 is 1.92 bits per heavy atom. The first-order valence-electron chi connectivity index (χ1n) is 13.8. The van der Waals surface area contributed by atoms with Crippen molar-refractivity contribution in [2.45, 2.75) is 76.6 Å². The number of benzene rings is 2. The Morgan fingerprint density at radius 1 is 1.08 bits per heavy atom. The molecule has 0 aromatic heterocycles. The van der Waals surface area contributed by atoms with Crippen LogP contribution < -0.4 is 10.2 Å². The summed E-state index contributed by atoms with van der Waals surface area (Å²) in [7, 11) is 0. The van der Waals surface area contributed by atoms with Crippen LogP contribution in [0.2, 0.25) is 0 Å². The van der Waals surface area contributed by atoms with Gasteiger partial charge in [-0.1, -0.05) is 37.3 Å². The summed E-state index contributed by atoms with van der Waals surface area (Å²) in [5, 5.41) is 11.9. The number of nitrogens with zero attached hydrogens (tertiary/aromatic N) is 2. The molecule has 1 spiro atoms. The standard InChI is InChI=1S/C30H38N3O3/c1-29-13-11-26-25(27(29)12-14-30(29)35-16-17-36-30)10-9-23-19-24(34-20-21-6-3-2-4-7-21)18-22(28(23)26)8-5-15-32-33-31/h2-4,6-7,18-19,25-27,32H,5,8-17,20H2,1H3/q+1. The fraction of sp³-hybridized carbons (Fsp3) is 0.600. The highest BCUT2D eigenvalue weighted by molar-refractivity contribution is 5.47. The lowest BCUT2D eigenvalue weighted by Crippen LogP contribution is -2.51. The lowest BCUT2D eigenvalue weighted by Gasteiger charge is -2.53. The van der Waals surface area contributed by atoms with Crippen molar-refractivity contribution in [1.29, 1.82) is 5.39 Å². The highest BCUT2D eigenvalue weighted by atomic mass is 16.7. The number of diazo groups is 1. The van der Waals surface area contributed by atoms with Crippen LogP contribution in [0.4, 0.5) is 0 Å². The molecule has 0 bridgehead atoms. The van der Waals surface area contributed by atoms with Gasteiger partial charge in [0.1, 0.15) is 12.4 Å². The van der Waals surface area contributed by atoms with Gasteiger partial charge in [-0.3, -0.25) is 0 Å². The topological polar surface area (TPSA) is 67.9 Å². The van der Waals surface area contributed by atoms with Crippen LogP contribution in [0.15, 0.2) is 42.5 Å². The minimum absolute atomic E-state index is 0.119. The minimum Gasteiger partial charge on any atom is -0.489 e. The van der Waals surface area contributed by atoms with E-state index < -0.39 is 0 Å². The van der Waals surface area contributed by atoms with Crippen molar-refractivity contribution in [2.75, 3.05) is 19.8 Å². The zero-order chi connectivity index (χ0) is 24.6. The maximum Gasteiger partial charge on any atom is 0.302 e. The Kier molecular flexibility index (Phi) is 6.39. The van der Waals surface area contributed by atoms with Gasteiger partial charge >= 0.3 is 5.08 Å². The summed E-state index contributed by atoms with van der Waals surface area (Å²) in [5.74, 6) is 2.56.